The molecule has 2 aliphatic rings. The maximum Gasteiger partial charge on any atom is 0.490 e. The molecule has 11 heteroatoms. The summed E-state index contributed by atoms with van der Waals surface area (Å²) in [5.41, 5.74) is 0. The van der Waals surface area contributed by atoms with E-state index in [1.807, 2.05) is 34.5 Å². The molecule has 1 saturated carbocycles. The van der Waals surface area contributed by atoms with Gasteiger partial charge in [-0.25, -0.2) is 4.79 Å². The van der Waals surface area contributed by atoms with Gasteiger partial charge in [0.15, 0.2) is 0 Å². The summed E-state index contributed by atoms with van der Waals surface area (Å²) in [6, 6.07) is 7.66. The maximum atomic E-state index is 12.7. The van der Waals surface area contributed by atoms with Crippen LogP contribution in [0, 0.1) is 0 Å². The number of hydrogen-bond donors (Lipinski definition) is 1. The molecule has 1 N–H and O–H groups in total. The van der Waals surface area contributed by atoms with Crippen molar-refractivity contribution in [2.45, 2.75) is 37.3 Å². The number of carboxylic acids is 1. The maximum absolute atomic E-state index is 12.7. The number of amides is 1. The Hall–Kier alpha value is -2.66. The van der Waals surface area contributed by atoms with Crippen LogP contribution in [0.3, 0.4) is 0 Å². The van der Waals surface area contributed by atoms with Crippen molar-refractivity contribution in [1.82, 2.24) is 9.88 Å². The van der Waals surface area contributed by atoms with Crippen molar-refractivity contribution in [3.63, 3.8) is 0 Å². The van der Waals surface area contributed by atoms with Crippen molar-refractivity contribution >= 4 is 23.2 Å². The first kappa shape index (κ1) is 22.0. The molecule has 0 unspecified atom stereocenters. The molecular formula is C19H19F3N2O5S. The smallest absolute Gasteiger partial charge is 0.486 e. The predicted octanol–water partition coefficient (Wildman–Crippen LogP) is 3.23. The first-order chi connectivity index (χ1) is 14.3. The molecule has 1 aliphatic heterocycles. The number of carboxylic acid groups (broad SMARTS) is 1. The Labute approximate surface area is 174 Å². The van der Waals surface area contributed by atoms with Crippen LogP contribution in [0.25, 0.3) is 0 Å². The van der Waals surface area contributed by atoms with Gasteiger partial charge in [-0.1, -0.05) is 6.07 Å². The minimum Gasteiger partial charge on any atom is -0.486 e. The van der Waals surface area contributed by atoms with E-state index < -0.39 is 12.1 Å². The van der Waals surface area contributed by atoms with Gasteiger partial charge in [0.25, 0.3) is 5.91 Å². The van der Waals surface area contributed by atoms with Gasteiger partial charge in [-0.15, -0.1) is 11.3 Å². The fourth-order valence-electron chi connectivity index (χ4n) is 3.43. The molecule has 0 aromatic carbocycles. The highest BCUT2D eigenvalue weighted by atomic mass is 32.1. The van der Waals surface area contributed by atoms with Crippen LogP contribution >= 0.6 is 11.3 Å². The Kier molecular flexibility index (Phi) is 6.93. The van der Waals surface area contributed by atoms with Crippen LogP contribution in [0.1, 0.15) is 22.5 Å². The number of aromatic nitrogens is 1. The summed E-state index contributed by atoms with van der Waals surface area (Å²) in [5.74, 6) is -1.89. The third-order valence-electron chi connectivity index (χ3n) is 4.69. The van der Waals surface area contributed by atoms with E-state index in [2.05, 4.69) is 4.98 Å². The highest BCUT2D eigenvalue weighted by molar-refractivity contribution is 7.12. The van der Waals surface area contributed by atoms with Crippen LogP contribution in [0.15, 0.2) is 42.0 Å². The predicted molar refractivity (Wildman–Crippen MR) is 100 cm³/mol. The number of aliphatic carboxylic acids is 1. The molecule has 1 aliphatic carbocycles. The van der Waals surface area contributed by atoms with Gasteiger partial charge in [0.2, 0.25) is 0 Å². The van der Waals surface area contributed by atoms with E-state index in [0.29, 0.717) is 13.2 Å². The van der Waals surface area contributed by atoms with Crippen molar-refractivity contribution < 1.29 is 37.3 Å². The zero-order valence-electron chi connectivity index (χ0n) is 15.6. The lowest BCUT2D eigenvalue weighted by molar-refractivity contribution is -0.192. The van der Waals surface area contributed by atoms with Crippen molar-refractivity contribution in [2.24, 2.45) is 0 Å². The largest absolute Gasteiger partial charge is 0.490 e. The SMILES string of the molecule is O=C(O)C(F)(F)F.O=C(c1cccs1)N1CCO[C@H]2[C@@H](Oc3cccnc3)CC[C@@H]21. The molecule has 7 nitrogen and oxygen atoms in total. The van der Waals surface area contributed by atoms with Gasteiger partial charge in [-0.3, -0.25) is 9.78 Å². The summed E-state index contributed by atoms with van der Waals surface area (Å²) in [7, 11) is 0. The Morgan fingerprint density at radius 1 is 1.27 bits per heavy atom. The Bertz CT molecular complexity index is 848. The van der Waals surface area contributed by atoms with E-state index in [1.165, 1.54) is 11.3 Å². The van der Waals surface area contributed by atoms with Crippen LogP contribution in [0.5, 0.6) is 5.75 Å². The number of thiophene rings is 1. The van der Waals surface area contributed by atoms with Crippen molar-refractivity contribution in [1.29, 1.82) is 0 Å². The summed E-state index contributed by atoms with van der Waals surface area (Å²) >= 11 is 1.49. The van der Waals surface area contributed by atoms with E-state index in [4.69, 9.17) is 19.4 Å². The van der Waals surface area contributed by atoms with Gasteiger partial charge < -0.3 is 19.5 Å². The molecule has 0 radical (unpaired) electrons. The number of carbonyl (C=O) groups is 2. The van der Waals surface area contributed by atoms with Crippen LogP contribution in [0.4, 0.5) is 13.2 Å². The number of pyridine rings is 1. The molecule has 3 heterocycles. The molecule has 162 valence electrons. The average molecular weight is 444 g/mol. The standard InChI is InChI=1S/C17H18N2O3S.C2HF3O2/c20-17(15-4-2-10-23-15)19-8-9-21-16-13(19)5-6-14(16)22-12-3-1-7-18-11-12;3-2(4,5)1(6)7/h1-4,7,10-11,13-14,16H,5-6,8-9H2;(H,6,7)/t13-,14-,16+;/m0./s1. The third-order valence-corrected chi connectivity index (χ3v) is 5.55. The van der Waals surface area contributed by atoms with Crippen molar-refractivity contribution in [3.8, 4) is 5.75 Å². The number of nitrogens with zero attached hydrogens (tertiary/aromatic N) is 2. The van der Waals surface area contributed by atoms with E-state index in [9.17, 15) is 18.0 Å². The lowest BCUT2D eigenvalue weighted by atomic mass is 10.1. The molecule has 1 amide bonds. The highest BCUT2D eigenvalue weighted by Crippen LogP contribution is 2.34. The Morgan fingerprint density at radius 3 is 2.63 bits per heavy atom. The highest BCUT2D eigenvalue weighted by Gasteiger charge is 2.46. The van der Waals surface area contributed by atoms with Crippen LogP contribution < -0.4 is 4.74 Å². The second-order valence-corrected chi connectivity index (χ2v) is 7.55. The summed E-state index contributed by atoms with van der Waals surface area (Å²) in [6.07, 6.45) is 0.0645. The van der Waals surface area contributed by atoms with Gasteiger partial charge >= 0.3 is 12.1 Å². The number of morpholine rings is 1. The molecule has 1 saturated heterocycles. The van der Waals surface area contributed by atoms with Crippen LogP contribution in [0.2, 0.25) is 0 Å². The zero-order chi connectivity index (χ0) is 21.7. The molecule has 0 bridgehead atoms. The first-order valence-electron chi connectivity index (χ1n) is 9.10. The second kappa shape index (κ2) is 9.43. The van der Waals surface area contributed by atoms with Crippen LogP contribution in [-0.4, -0.2) is 64.4 Å². The molecule has 2 aromatic heterocycles. The number of alkyl halides is 3. The van der Waals surface area contributed by atoms with E-state index in [0.717, 1.165) is 23.5 Å². The van der Waals surface area contributed by atoms with E-state index in [-0.39, 0.29) is 24.2 Å². The number of carbonyl (C=O) groups excluding carboxylic acids is 1. The Morgan fingerprint density at radius 2 is 2.03 bits per heavy atom. The fourth-order valence-corrected chi connectivity index (χ4v) is 4.11. The zero-order valence-corrected chi connectivity index (χ0v) is 16.4. The third kappa shape index (κ3) is 5.28. The van der Waals surface area contributed by atoms with E-state index in [1.54, 1.807) is 12.4 Å². The summed E-state index contributed by atoms with van der Waals surface area (Å²) in [5, 5.41) is 9.06. The molecule has 0 spiro atoms. The lowest BCUT2D eigenvalue weighted by Gasteiger charge is -2.38. The molecule has 3 atom stereocenters. The number of halogens is 3. The summed E-state index contributed by atoms with van der Waals surface area (Å²) in [6.45, 7) is 1.21. The topological polar surface area (TPSA) is 89.0 Å². The number of rotatable bonds is 3. The van der Waals surface area contributed by atoms with Gasteiger partial charge in [-0.05, 0) is 36.4 Å². The van der Waals surface area contributed by atoms with Gasteiger partial charge in [-0.2, -0.15) is 13.2 Å². The van der Waals surface area contributed by atoms with Gasteiger partial charge in [0.05, 0.1) is 23.7 Å². The van der Waals surface area contributed by atoms with Crippen molar-refractivity contribution in [3.05, 3.63) is 46.9 Å². The first-order valence-corrected chi connectivity index (χ1v) is 9.98. The number of hydrogen-bond acceptors (Lipinski definition) is 6. The normalized spacial score (nSPS) is 23.2. The average Bonchev–Trinajstić information content (AvgIpc) is 3.38. The second-order valence-electron chi connectivity index (χ2n) is 6.60. The lowest BCUT2D eigenvalue weighted by Crippen LogP contribution is -2.54. The molecule has 4 rings (SSSR count). The summed E-state index contributed by atoms with van der Waals surface area (Å²) < 4.78 is 43.7. The number of ether oxygens (including phenoxy) is 2. The monoisotopic (exact) mass is 444 g/mol. The van der Waals surface area contributed by atoms with Crippen LogP contribution in [-0.2, 0) is 9.53 Å². The molecule has 2 fully saturated rings. The molecule has 30 heavy (non-hydrogen) atoms. The van der Waals surface area contributed by atoms with E-state index >= 15 is 0 Å². The van der Waals surface area contributed by atoms with Crippen molar-refractivity contribution in [2.75, 3.05) is 13.2 Å². The summed E-state index contributed by atoms with van der Waals surface area (Å²) in [4.78, 5) is 28.4. The fraction of sp³-hybridized carbons (Fsp3) is 0.421. The minimum atomic E-state index is -5.08. The van der Waals surface area contributed by atoms with Gasteiger partial charge in [0.1, 0.15) is 18.0 Å². The minimum absolute atomic E-state index is 0.0249. The quantitative estimate of drug-likeness (QED) is 0.782. The van der Waals surface area contributed by atoms with Gasteiger partial charge in [0, 0.05) is 12.7 Å². The Balaban J connectivity index is 0.000000318. The molecular weight excluding hydrogens is 425 g/mol. The number of fused-ring (bicyclic) bond motifs is 1. The molecule has 2 aromatic rings.